The second-order valence-electron chi connectivity index (χ2n) is 13.5. The van der Waals surface area contributed by atoms with Crippen LogP contribution in [-0.4, -0.2) is 21.9 Å². The van der Waals surface area contributed by atoms with E-state index in [1.807, 2.05) is 0 Å². The van der Waals surface area contributed by atoms with Gasteiger partial charge in [0.25, 0.3) is 11.4 Å². The lowest BCUT2D eigenvalue weighted by molar-refractivity contribution is -0.394. The summed E-state index contributed by atoms with van der Waals surface area (Å²) in [5, 5.41) is 22.5. The second kappa shape index (κ2) is 13.4. The summed E-state index contributed by atoms with van der Waals surface area (Å²) in [5.74, 6) is 2.21. The van der Waals surface area contributed by atoms with Crippen LogP contribution in [0.5, 0.6) is 0 Å². The number of non-ortho nitro benzene ring substituents is 2. The Bertz CT molecular complexity index is 1330. The van der Waals surface area contributed by atoms with Crippen molar-refractivity contribution >= 4 is 17.3 Å². The minimum Gasteiger partial charge on any atom is -0.458 e. The number of hydrogen-bond donors (Lipinski definition) is 0. The molecule has 1 aromatic rings. The lowest BCUT2D eigenvalue weighted by Gasteiger charge is -2.44. The van der Waals surface area contributed by atoms with Crippen LogP contribution in [-0.2, 0) is 4.74 Å². The molecule has 4 rings (SSSR count). The van der Waals surface area contributed by atoms with Crippen molar-refractivity contribution in [2.75, 3.05) is 0 Å². The van der Waals surface area contributed by atoms with Gasteiger partial charge in [-0.25, -0.2) is 4.79 Å². The van der Waals surface area contributed by atoms with Crippen LogP contribution < -0.4 is 0 Å². The molecule has 6 atom stereocenters. The number of nitro groups is 2. The van der Waals surface area contributed by atoms with Crippen molar-refractivity contribution in [1.29, 1.82) is 0 Å². The highest BCUT2D eigenvalue weighted by atomic mass is 16.6. The van der Waals surface area contributed by atoms with Crippen molar-refractivity contribution in [3.05, 3.63) is 91.6 Å². The molecule has 0 radical (unpaired) electrons. The summed E-state index contributed by atoms with van der Waals surface area (Å²) in [7, 11) is 0. The average molecular weight is 591 g/mol. The Balaban J connectivity index is 1.47. The van der Waals surface area contributed by atoms with Crippen LogP contribution in [0, 0.1) is 55.2 Å². The van der Waals surface area contributed by atoms with Crippen molar-refractivity contribution in [2.45, 2.75) is 92.1 Å². The van der Waals surface area contributed by atoms with Gasteiger partial charge in [0, 0.05) is 18.6 Å². The molecule has 3 saturated carbocycles. The van der Waals surface area contributed by atoms with Crippen LogP contribution in [0.3, 0.4) is 0 Å². The first-order valence-corrected chi connectivity index (χ1v) is 15.7. The Kier molecular flexibility index (Phi) is 10.1. The molecule has 8 nitrogen and oxygen atoms in total. The lowest BCUT2D eigenvalue weighted by Crippen LogP contribution is -2.35. The Hall–Kier alpha value is -3.55. The van der Waals surface area contributed by atoms with Gasteiger partial charge in [0.05, 0.1) is 21.5 Å². The lowest BCUT2D eigenvalue weighted by atomic mass is 9.61. The summed E-state index contributed by atoms with van der Waals surface area (Å²) in [6.07, 6.45) is 16.6. The summed E-state index contributed by atoms with van der Waals surface area (Å²) in [6.45, 7) is 16.0. The summed E-state index contributed by atoms with van der Waals surface area (Å²) in [5.41, 5.74) is 2.63. The Morgan fingerprint density at radius 2 is 1.67 bits per heavy atom. The van der Waals surface area contributed by atoms with Crippen LogP contribution >= 0.6 is 0 Å². The zero-order chi connectivity index (χ0) is 31.5. The molecule has 0 saturated heterocycles. The van der Waals surface area contributed by atoms with Crippen LogP contribution in [0.1, 0.15) is 96.3 Å². The van der Waals surface area contributed by atoms with Crippen molar-refractivity contribution in [3.8, 4) is 0 Å². The largest absolute Gasteiger partial charge is 0.458 e. The van der Waals surface area contributed by atoms with Gasteiger partial charge in [0.15, 0.2) is 0 Å². The molecule has 3 aliphatic carbocycles. The Morgan fingerprint density at radius 1 is 1.00 bits per heavy atom. The number of carbonyl (C=O) groups is 1. The van der Waals surface area contributed by atoms with E-state index in [9.17, 15) is 25.0 Å². The van der Waals surface area contributed by atoms with Crippen LogP contribution in [0.2, 0.25) is 0 Å². The second-order valence-corrected chi connectivity index (χ2v) is 13.5. The molecule has 232 valence electrons. The fraction of sp³-hybridized carbons (Fsp3) is 0.571. The van der Waals surface area contributed by atoms with E-state index in [1.165, 1.54) is 31.3 Å². The zero-order valence-corrected chi connectivity index (χ0v) is 26.2. The molecule has 3 fully saturated rings. The number of nitro benzene ring substituents is 2. The summed E-state index contributed by atoms with van der Waals surface area (Å²) < 4.78 is 5.70. The van der Waals surface area contributed by atoms with Gasteiger partial charge in [-0.05, 0) is 85.5 Å². The number of ether oxygens (including phenoxy) is 1. The molecule has 0 heterocycles. The number of nitrogens with zero attached hydrogens (tertiary/aromatic N) is 2. The molecule has 6 unspecified atom stereocenters. The summed E-state index contributed by atoms with van der Waals surface area (Å²) in [6, 6.07) is 2.88. The first-order chi connectivity index (χ1) is 20.3. The highest BCUT2D eigenvalue weighted by Crippen LogP contribution is 2.59. The molecule has 43 heavy (non-hydrogen) atoms. The van der Waals surface area contributed by atoms with Crippen molar-refractivity contribution in [2.24, 2.45) is 35.0 Å². The van der Waals surface area contributed by atoms with Gasteiger partial charge < -0.3 is 4.74 Å². The summed E-state index contributed by atoms with van der Waals surface area (Å²) in [4.78, 5) is 33.9. The van der Waals surface area contributed by atoms with Crippen LogP contribution in [0.4, 0.5) is 11.4 Å². The van der Waals surface area contributed by atoms with Gasteiger partial charge in [-0.15, -0.1) is 0 Å². The molecule has 0 aliphatic heterocycles. The number of allylic oxidation sites excluding steroid dienone is 6. The number of fused-ring (bicyclic) bond motifs is 1. The van der Waals surface area contributed by atoms with Crippen molar-refractivity contribution < 1.29 is 19.4 Å². The monoisotopic (exact) mass is 590 g/mol. The van der Waals surface area contributed by atoms with E-state index in [0.29, 0.717) is 48.9 Å². The SMILES string of the molecule is C=C1CCC(OC(=O)c2cc([N+](=O)[O-])cc([N+](=O)[O-])c2)C/C1=C\C=C1/CCCC2(C)C1CCC2C(C)/C=C/C(C)C(C)C. The topological polar surface area (TPSA) is 113 Å². The zero-order valence-electron chi connectivity index (χ0n) is 26.2. The number of esters is 1. The standard InChI is InChI=1S/C35H46N2O6/c1-22(2)23(3)9-10-25(5)32-15-16-33-26(8-7-17-35(32,33)6)12-13-27-20-31(14-11-24(27)4)43-34(38)28-18-29(36(39)40)21-30(19-28)37(41)42/h9-10,12-13,18-19,21-23,25,31-33H,4,7-8,11,14-17,20H2,1-3,5-6H3/b10-9+,26-12+,27-13+. The first kappa shape index (κ1) is 32.4. The molecule has 3 aliphatic rings. The minimum absolute atomic E-state index is 0.196. The van der Waals surface area contributed by atoms with E-state index in [2.05, 4.69) is 65.5 Å². The third-order valence-electron chi connectivity index (χ3n) is 10.4. The number of rotatable bonds is 9. The summed E-state index contributed by atoms with van der Waals surface area (Å²) >= 11 is 0. The normalized spacial score (nSPS) is 29.2. The first-order valence-electron chi connectivity index (χ1n) is 15.7. The van der Waals surface area contributed by atoms with Crippen LogP contribution in [0.15, 0.2) is 65.8 Å². The molecule has 8 heteroatoms. The Labute approximate surface area is 255 Å². The number of benzene rings is 1. The Morgan fingerprint density at radius 3 is 2.30 bits per heavy atom. The molecule has 0 aromatic heterocycles. The van der Waals surface area contributed by atoms with E-state index in [0.717, 1.165) is 35.8 Å². The van der Waals surface area contributed by atoms with E-state index in [4.69, 9.17) is 4.74 Å². The number of carbonyl (C=O) groups excluding carboxylic acids is 1. The predicted molar refractivity (Wildman–Crippen MR) is 169 cm³/mol. The fourth-order valence-corrected chi connectivity index (χ4v) is 7.47. The average Bonchev–Trinajstić information content (AvgIpc) is 3.33. The van der Waals surface area contributed by atoms with E-state index < -0.39 is 33.3 Å². The molecule has 0 bridgehead atoms. The highest BCUT2D eigenvalue weighted by molar-refractivity contribution is 5.91. The van der Waals surface area contributed by atoms with Crippen molar-refractivity contribution in [3.63, 3.8) is 0 Å². The molecule has 0 N–H and O–H groups in total. The van der Waals surface area contributed by atoms with Crippen LogP contribution in [0.25, 0.3) is 0 Å². The maximum atomic E-state index is 12.9. The number of hydrogen-bond acceptors (Lipinski definition) is 6. The van der Waals surface area contributed by atoms with E-state index in [1.54, 1.807) is 0 Å². The minimum atomic E-state index is -0.798. The maximum absolute atomic E-state index is 12.9. The molecule has 0 spiro atoms. The fourth-order valence-electron chi connectivity index (χ4n) is 7.47. The van der Waals surface area contributed by atoms with Crippen molar-refractivity contribution in [1.82, 2.24) is 0 Å². The van der Waals surface area contributed by atoms with Gasteiger partial charge >= 0.3 is 5.97 Å². The molecule has 0 amide bonds. The van der Waals surface area contributed by atoms with Gasteiger partial charge in [0.1, 0.15) is 6.10 Å². The molecular formula is C35H46N2O6. The van der Waals surface area contributed by atoms with E-state index >= 15 is 0 Å². The predicted octanol–water partition coefficient (Wildman–Crippen LogP) is 9.32. The quantitative estimate of drug-likeness (QED) is 0.123. The van der Waals surface area contributed by atoms with E-state index in [-0.39, 0.29) is 11.0 Å². The van der Waals surface area contributed by atoms with Gasteiger partial charge in [-0.2, -0.15) is 0 Å². The highest BCUT2D eigenvalue weighted by Gasteiger charge is 2.50. The van der Waals surface area contributed by atoms with Gasteiger partial charge in [-0.1, -0.05) is 76.6 Å². The smallest absolute Gasteiger partial charge is 0.338 e. The molecular weight excluding hydrogens is 544 g/mol. The third kappa shape index (κ3) is 7.34. The van der Waals surface area contributed by atoms with Gasteiger partial charge in [0.2, 0.25) is 0 Å². The maximum Gasteiger partial charge on any atom is 0.338 e. The third-order valence-corrected chi connectivity index (χ3v) is 10.4. The molecule has 1 aromatic carbocycles. The van der Waals surface area contributed by atoms with Gasteiger partial charge in [-0.3, -0.25) is 20.2 Å².